The molecule has 0 unspecified atom stereocenters. The summed E-state index contributed by atoms with van der Waals surface area (Å²) in [6.45, 7) is 1.32. The molecule has 2 aromatic carbocycles. The van der Waals surface area contributed by atoms with Crippen molar-refractivity contribution in [2.24, 2.45) is 5.92 Å². The van der Waals surface area contributed by atoms with E-state index in [1.807, 2.05) is 0 Å². The van der Waals surface area contributed by atoms with Gasteiger partial charge in [0.2, 0.25) is 10.0 Å². The standard InChI is InChI=1S/C24H27NO8S/c26-23(18-5-2-1-3-6-18)32-15-16-33-24(27)19-9-11-25(12-10-19)34(28,29)20-7-8-21-22(17-20)31-14-4-13-30-21/h1-3,5-8,17,19H,4,9-16H2. The van der Waals surface area contributed by atoms with E-state index in [1.165, 1.54) is 16.4 Å². The molecule has 0 bridgehead atoms. The summed E-state index contributed by atoms with van der Waals surface area (Å²) in [4.78, 5) is 24.4. The largest absolute Gasteiger partial charge is 0.490 e. The summed E-state index contributed by atoms with van der Waals surface area (Å²) >= 11 is 0. The van der Waals surface area contributed by atoms with Crippen LogP contribution in [0.1, 0.15) is 29.6 Å². The van der Waals surface area contributed by atoms with Gasteiger partial charge < -0.3 is 18.9 Å². The number of piperidine rings is 1. The maximum atomic E-state index is 13.1. The van der Waals surface area contributed by atoms with Crippen molar-refractivity contribution in [2.45, 2.75) is 24.2 Å². The summed E-state index contributed by atoms with van der Waals surface area (Å²) < 4.78 is 49.1. The zero-order valence-corrected chi connectivity index (χ0v) is 19.5. The van der Waals surface area contributed by atoms with Crippen LogP contribution in [0.5, 0.6) is 11.5 Å². The van der Waals surface area contributed by atoms with Crippen molar-refractivity contribution in [2.75, 3.05) is 39.5 Å². The molecule has 0 aliphatic carbocycles. The summed E-state index contributed by atoms with van der Waals surface area (Å²) in [7, 11) is -3.73. The van der Waals surface area contributed by atoms with E-state index in [-0.39, 0.29) is 31.2 Å². The Balaban J connectivity index is 1.24. The molecule has 0 atom stereocenters. The van der Waals surface area contributed by atoms with Gasteiger partial charge in [-0.25, -0.2) is 13.2 Å². The van der Waals surface area contributed by atoms with Crippen molar-refractivity contribution in [3.63, 3.8) is 0 Å². The molecule has 0 saturated carbocycles. The van der Waals surface area contributed by atoms with E-state index in [2.05, 4.69) is 0 Å². The van der Waals surface area contributed by atoms with E-state index in [4.69, 9.17) is 18.9 Å². The van der Waals surface area contributed by atoms with Crippen LogP contribution in [0, 0.1) is 5.92 Å². The third-order valence-corrected chi connectivity index (χ3v) is 7.61. The Morgan fingerprint density at radius 3 is 2.32 bits per heavy atom. The molecule has 34 heavy (non-hydrogen) atoms. The molecule has 0 spiro atoms. The summed E-state index contributed by atoms with van der Waals surface area (Å²) in [5, 5.41) is 0. The molecule has 2 aromatic rings. The first-order valence-electron chi connectivity index (χ1n) is 11.2. The van der Waals surface area contributed by atoms with Gasteiger partial charge in [-0.1, -0.05) is 18.2 Å². The Hall–Kier alpha value is -3.11. The fraction of sp³-hybridized carbons (Fsp3) is 0.417. The normalized spacial score (nSPS) is 16.9. The van der Waals surface area contributed by atoms with Gasteiger partial charge in [-0.3, -0.25) is 4.79 Å². The topological polar surface area (TPSA) is 108 Å². The number of rotatable bonds is 7. The highest BCUT2D eigenvalue weighted by molar-refractivity contribution is 7.89. The van der Waals surface area contributed by atoms with Crippen LogP contribution in [0.3, 0.4) is 0 Å². The molecule has 0 aromatic heterocycles. The van der Waals surface area contributed by atoms with Crippen molar-refractivity contribution in [1.29, 1.82) is 0 Å². The average molecular weight is 490 g/mol. The zero-order valence-electron chi connectivity index (χ0n) is 18.7. The van der Waals surface area contributed by atoms with Crippen LogP contribution in [0.15, 0.2) is 53.4 Å². The first-order chi connectivity index (χ1) is 16.4. The van der Waals surface area contributed by atoms with Crippen LogP contribution < -0.4 is 9.47 Å². The van der Waals surface area contributed by atoms with Gasteiger partial charge in [0.05, 0.1) is 29.6 Å². The zero-order chi connectivity index (χ0) is 24.0. The van der Waals surface area contributed by atoms with E-state index in [0.717, 1.165) is 6.42 Å². The Bertz CT molecular complexity index is 1110. The monoisotopic (exact) mass is 489 g/mol. The van der Waals surface area contributed by atoms with Gasteiger partial charge in [-0.15, -0.1) is 0 Å². The minimum atomic E-state index is -3.73. The van der Waals surface area contributed by atoms with Gasteiger partial charge in [0.25, 0.3) is 0 Å². The van der Waals surface area contributed by atoms with Gasteiger partial charge in [0, 0.05) is 25.6 Å². The third-order valence-electron chi connectivity index (χ3n) is 5.71. The molecular weight excluding hydrogens is 462 g/mol. The second kappa shape index (κ2) is 10.9. The van der Waals surface area contributed by atoms with Gasteiger partial charge in [0.15, 0.2) is 11.5 Å². The van der Waals surface area contributed by atoms with Crippen molar-refractivity contribution < 1.29 is 37.0 Å². The molecule has 1 fully saturated rings. The summed E-state index contributed by atoms with van der Waals surface area (Å²) in [5.74, 6) is -0.342. The number of hydrogen-bond acceptors (Lipinski definition) is 8. The number of hydrogen-bond donors (Lipinski definition) is 0. The van der Waals surface area contributed by atoms with E-state index < -0.39 is 27.9 Å². The molecule has 0 N–H and O–H groups in total. The number of esters is 2. The molecule has 4 rings (SSSR count). The van der Waals surface area contributed by atoms with Crippen LogP contribution in [0.25, 0.3) is 0 Å². The van der Waals surface area contributed by atoms with Crippen LogP contribution in [0.2, 0.25) is 0 Å². The van der Waals surface area contributed by atoms with Gasteiger partial charge in [-0.05, 0) is 37.1 Å². The van der Waals surface area contributed by atoms with Crippen molar-refractivity contribution in [3.8, 4) is 11.5 Å². The predicted octanol–water partition coefficient (Wildman–Crippen LogP) is 2.65. The first-order valence-corrected chi connectivity index (χ1v) is 12.7. The number of benzene rings is 2. The number of nitrogens with zero attached hydrogens (tertiary/aromatic N) is 1. The van der Waals surface area contributed by atoms with Gasteiger partial charge in [0.1, 0.15) is 13.2 Å². The second-order valence-electron chi connectivity index (χ2n) is 8.01. The molecule has 10 heteroatoms. The van der Waals surface area contributed by atoms with Crippen LogP contribution in [0.4, 0.5) is 0 Å². The van der Waals surface area contributed by atoms with Crippen molar-refractivity contribution in [1.82, 2.24) is 4.31 Å². The van der Waals surface area contributed by atoms with Gasteiger partial charge >= 0.3 is 11.9 Å². The lowest BCUT2D eigenvalue weighted by molar-refractivity contribution is -0.150. The molecule has 9 nitrogen and oxygen atoms in total. The molecular formula is C24H27NO8S. The lowest BCUT2D eigenvalue weighted by Gasteiger charge is -2.30. The van der Waals surface area contributed by atoms with Crippen molar-refractivity contribution >= 4 is 22.0 Å². The number of ether oxygens (including phenoxy) is 4. The quantitative estimate of drug-likeness (QED) is 0.431. The minimum absolute atomic E-state index is 0.0448. The molecule has 0 amide bonds. The number of carbonyl (C=O) groups is 2. The Kier molecular flexibility index (Phi) is 7.69. The fourth-order valence-electron chi connectivity index (χ4n) is 3.84. The first kappa shape index (κ1) is 24.0. The Morgan fingerprint density at radius 2 is 1.59 bits per heavy atom. The lowest BCUT2D eigenvalue weighted by Crippen LogP contribution is -2.40. The number of carbonyl (C=O) groups excluding carboxylic acids is 2. The molecule has 2 heterocycles. The summed E-state index contributed by atoms with van der Waals surface area (Å²) in [6, 6.07) is 13.2. The molecule has 0 radical (unpaired) electrons. The smallest absolute Gasteiger partial charge is 0.338 e. The average Bonchev–Trinajstić information content (AvgIpc) is 3.12. The maximum Gasteiger partial charge on any atom is 0.338 e. The highest BCUT2D eigenvalue weighted by atomic mass is 32.2. The highest BCUT2D eigenvalue weighted by Gasteiger charge is 2.33. The van der Waals surface area contributed by atoms with E-state index in [1.54, 1.807) is 36.4 Å². The fourth-order valence-corrected chi connectivity index (χ4v) is 5.32. The predicted molar refractivity (Wildman–Crippen MR) is 121 cm³/mol. The summed E-state index contributed by atoms with van der Waals surface area (Å²) in [5.41, 5.74) is 0.427. The van der Waals surface area contributed by atoms with E-state index >= 15 is 0 Å². The lowest BCUT2D eigenvalue weighted by atomic mass is 9.98. The van der Waals surface area contributed by atoms with Crippen molar-refractivity contribution in [3.05, 3.63) is 54.1 Å². The van der Waals surface area contributed by atoms with Crippen LogP contribution in [-0.4, -0.2) is 64.2 Å². The Labute approximate surface area is 198 Å². The second-order valence-corrected chi connectivity index (χ2v) is 9.94. The minimum Gasteiger partial charge on any atom is -0.490 e. The highest BCUT2D eigenvalue weighted by Crippen LogP contribution is 2.33. The van der Waals surface area contributed by atoms with Crippen LogP contribution >= 0.6 is 0 Å². The van der Waals surface area contributed by atoms with Crippen LogP contribution in [-0.2, 0) is 24.3 Å². The Morgan fingerprint density at radius 1 is 0.912 bits per heavy atom. The maximum absolute atomic E-state index is 13.1. The SMILES string of the molecule is O=C(OCCOC(=O)C1CCN(S(=O)(=O)c2ccc3c(c2)OCCCO3)CC1)c1ccccc1. The van der Waals surface area contributed by atoms with E-state index in [9.17, 15) is 18.0 Å². The number of sulfonamides is 1. The molecule has 182 valence electrons. The third kappa shape index (κ3) is 5.68. The summed E-state index contributed by atoms with van der Waals surface area (Å²) in [6.07, 6.45) is 1.44. The molecule has 1 saturated heterocycles. The molecule has 2 aliphatic rings. The number of fused-ring (bicyclic) bond motifs is 1. The molecule has 2 aliphatic heterocycles. The van der Waals surface area contributed by atoms with Gasteiger partial charge in [-0.2, -0.15) is 4.31 Å². The van der Waals surface area contributed by atoms with E-state index in [0.29, 0.717) is 43.1 Å².